The highest BCUT2D eigenvalue weighted by Crippen LogP contribution is 2.05. The van der Waals surface area contributed by atoms with Crippen LogP contribution in [0.25, 0.3) is 0 Å². The Morgan fingerprint density at radius 2 is 1.88 bits per heavy atom. The van der Waals surface area contributed by atoms with Crippen molar-refractivity contribution in [2.45, 2.75) is 25.5 Å². The Labute approximate surface area is 107 Å². The van der Waals surface area contributed by atoms with Crippen molar-refractivity contribution in [1.82, 2.24) is 5.32 Å². The molecule has 0 heterocycles. The van der Waals surface area contributed by atoms with Crippen molar-refractivity contribution >= 4 is 24.3 Å². The first kappa shape index (κ1) is 13.8. The maximum Gasteiger partial charge on any atom is 0.232 e. The Kier molecular flexibility index (Phi) is 5.22. The van der Waals surface area contributed by atoms with Crippen LogP contribution in [-0.2, 0) is 11.2 Å². The zero-order chi connectivity index (χ0) is 12.8. The number of rotatable bonds is 5. The van der Waals surface area contributed by atoms with Crippen molar-refractivity contribution in [2.24, 2.45) is 0 Å². The van der Waals surface area contributed by atoms with Gasteiger partial charge in [0, 0.05) is 5.56 Å². The van der Waals surface area contributed by atoms with E-state index in [1.807, 2.05) is 12.1 Å². The smallest absolute Gasteiger partial charge is 0.232 e. The van der Waals surface area contributed by atoms with Crippen LogP contribution in [0.4, 0.5) is 0 Å². The first-order chi connectivity index (χ1) is 8.04. The summed E-state index contributed by atoms with van der Waals surface area (Å²) in [5.41, 5.74) is 1.81. The Morgan fingerprint density at radius 3 is 2.35 bits per heavy atom. The number of Topliss-reactive ketones (excluding diaryl/α,β-unsaturated/α-hetero) is 1. The van der Waals surface area contributed by atoms with Crippen molar-refractivity contribution in [1.29, 1.82) is 0 Å². The van der Waals surface area contributed by atoms with Gasteiger partial charge in [-0.1, -0.05) is 31.2 Å². The Hall–Kier alpha value is -1.29. The van der Waals surface area contributed by atoms with Gasteiger partial charge in [-0.2, -0.15) is 12.6 Å². The first-order valence-corrected chi connectivity index (χ1v) is 6.14. The van der Waals surface area contributed by atoms with E-state index in [0.29, 0.717) is 5.56 Å². The fraction of sp³-hybridized carbons (Fsp3) is 0.385. The molecule has 0 fully saturated rings. The lowest BCUT2D eigenvalue weighted by molar-refractivity contribution is -0.120. The van der Waals surface area contributed by atoms with Crippen LogP contribution in [0.15, 0.2) is 24.3 Å². The Morgan fingerprint density at radius 1 is 1.29 bits per heavy atom. The molecule has 4 heteroatoms. The third-order valence-corrected chi connectivity index (χ3v) is 2.72. The highest BCUT2D eigenvalue weighted by Gasteiger charge is 2.10. The average Bonchev–Trinajstić information content (AvgIpc) is 2.35. The molecule has 92 valence electrons. The molecule has 1 amide bonds. The van der Waals surface area contributed by atoms with Crippen LogP contribution in [0.2, 0.25) is 0 Å². The molecule has 0 spiro atoms. The summed E-state index contributed by atoms with van der Waals surface area (Å²) >= 11 is 3.99. The number of amides is 1. The topological polar surface area (TPSA) is 46.2 Å². The molecule has 0 aliphatic heterocycles. The van der Waals surface area contributed by atoms with Crippen molar-refractivity contribution < 1.29 is 9.59 Å². The van der Waals surface area contributed by atoms with E-state index in [0.717, 1.165) is 6.42 Å². The summed E-state index contributed by atoms with van der Waals surface area (Å²) in [5, 5.41) is 2.15. The number of hydrogen-bond donors (Lipinski definition) is 2. The van der Waals surface area contributed by atoms with Gasteiger partial charge in [0.1, 0.15) is 0 Å². The normalized spacial score (nSPS) is 11.9. The molecule has 1 atom stereocenters. The van der Waals surface area contributed by atoms with Crippen LogP contribution in [-0.4, -0.2) is 23.5 Å². The van der Waals surface area contributed by atoms with Crippen LogP contribution in [0.3, 0.4) is 0 Å². The summed E-state index contributed by atoms with van der Waals surface area (Å²) in [5.74, 6) is -0.318. The number of thiol groups is 1. The highest BCUT2D eigenvalue weighted by atomic mass is 32.1. The first-order valence-electron chi connectivity index (χ1n) is 5.62. The molecule has 1 rings (SSSR count). The minimum Gasteiger partial charge on any atom is -0.348 e. The minimum atomic E-state index is -0.398. The SMILES string of the molecule is CCc1ccc(C(=O)CNC(=O)C(C)S)cc1. The monoisotopic (exact) mass is 251 g/mol. The summed E-state index contributed by atoms with van der Waals surface area (Å²) in [6.45, 7) is 3.75. The van der Waals surface area contributed by atoms with E-state index in [2.05, 4.69) is 24.9 Å². The van der Waals surface area contributed by atoms with E-state index in [4.69, 9.17) is 0 Å². The molecule has 0 bridgehead atoms. The molecule has 1 unspecified atom stereocenters. The van der Waals surface area contributed by atoms with E-state index in [1.54, 1.807) is 19.1 Å². The summed E-state index contributed by atoms with van der Waals surface area (Å²) in [7, 11) is 0. The molecule has 0 saturated carbocycles. The van der Waals surface area contributed by atoms with Crippen LogP contribution < -0.4 is 5.32 Å². The number of aryl methyl sites for hydroxylation is 1. The number of ketones is 1. The second-order valence-electron chi connectivity index (χ2n) is 3.87. The Bertz CT molecular complexity index is 398. The minimum absolute atomic E-state index is 0.0230. The van der Waals surface area contributed by atoms with E-state index >= 15 is 0 Å². The molecular formula is C13H17NO2S. The predicted octanol–water partition coefficient (Wildman–Crippen LogP) is 1.87. The fourth-order valence-corrected chi connectivity index (χ4v) is 1.43. The van der Waals surface area contributed by atoms with Gasteiger partial charge in [-0.15, -0.1) is 0 Å². The summed E-state index contributed by atoms with van der Waals surface area (Å²) in [6, 6.07) is 7.43. The standard InChI is InChI=1S/C13H17NO2S/c1-3-10-4-6-11(7-5-10)12(15)8-14-13(16)9(2)17/h4-7,9,17H,3,8H2,1-2H3,(H,14,16). The molecule has 0 aliphatic rings. The fourth-order valence-electron chi connectivity index (χ4n) is 1.34. The molecule has 0 radical (unpaired) electrons. The molecule has 3 nitrogen and oxygen atoms in total. The van der Waals surface area contributed by atoms with Gasteiger partial charge < -0.3 is 5.32 Å². The second-order valence-corrected chi connectivity index (χ2v) is 4.64. The lowest BCUT2D eigenvalue weighted by Gasteiger charge is -2.06. The number of hydrogen-bond acceptors (Lipinski definition) is 3. The van der Waals surface area contributed by atoms with Crippen molar-refractivity contribution in [2.75, 3.05) is 6.54 Å². The van der Waals surface area contributed by atoms with Crippen LogP contribution in [0.1, 0.15) is 29.8 Å². The van der Waals surface area contributed by atoms with Crippen molar-refractivity contribution in [3.63, 3.8) is 0 Å². The van der Waals surface area contributed by atoms with Gasteiger partial charge in [-0.05, 0) is 18.9 Å². The Balaban J connectivity index is 2.55. The molecule has 1 aromatic rings. The lowest BCUT2D eigenvalue weighted by atomic mass is 10.1. The molecule has 0 aliphatic carbocycles. The van der Waals surface area contributed by atoms with Gasteiger partial charge in [0.2, 0.25) is 5.91 Å². The molecular weight excluding hydrogens is 234 g/mol. The summed E-state index contributed by atoms with van der Waals surface area (Å²) in [4.78, 5) is 23.0. The van der Waals surface area contributed by atoms with Gasteiger partial charge in [-0.3, -0.25) is 9.59 Å². The highest BCUT2D eigenvalue weighted by molar-refractivity contribution is 7.81. The van der Waals surface area contributed by atoms with Crippen LogP contribution >= 0.6 is 12.6 Å². The maximum atomic E-state index is 11.7. The molecule has 0 saturated heterocycles. The zero-order valence-corrected chi connectivity index (χ0v) is 11.0. The van der Waals surface area contributed by atoms with Crippen molar-refractivity contribution in [3.05, 3.63) is 35.4 Å². The molecule has 0 aromatic heterocycles. The van der Waals surface area contributed by atoms with Gasteiger partial charge in [0.15, 0.2) is 5.78 Å². The van der Waals surface area contributed by atoms with E-state index in [9.17, 15) is 9.59 Å². The number of carbonyl (C=O) groups excluding carboxylic acids is 2. The molecule has 17 heavy (non-hydrogen) atoms. The van der Waals surface area contributed by atoms with Gasteiger partial charge >= 0.3 is 0 Å². The lowest BCUT2D eigenvalue weighted by Crippen LogP contribution is -2.34. The third-order valence-electron chi connectivity index (χ3n) is 2.49. The second kappa shape index (κ2) is 6.45. The van der Waals surface area contributed by atoms with Gasteiger partial charge in [-0.25, -0.2) is 0 Å². The maximum absolute atomic E-state index is 11.7. The molecule has 1 aromatic carbocycles. The third kappa shape index (κ3) is 4.23. The van der Waals surface area contributed by atoms with E-state index < -0.39 is 5.25 Å². The summed E-state index contributed by atoms with van der Waals surface area (Å²) in [6.07, 6.45) is 0.947. The van der Waals surface area contributed by atoms with Gasteiger partial charge in [0.05, 0.1) is 11.8 Å². The van der Waals surface area contributed by atoms with Gasteiger partial charge in [0.25, 0.3) is 0 Å². The zero-order valence-electron chi connectivity index (χ0n) is 10.1. The summed E-state index contributed by atoms with van der Waals surface area (Å²) < 4.78 is 0. The van der Waals surface area contributed by atoms with Crippen LogP contribution in [0.5, 0.6) is 0 Å². The number of carbonyl (C=O) groups is 2. The van der Waals surface area contributed by atoms with Crippen molar-refractivity contribution in [3.8, 4) is 0 Å². The van der Waals surface area contributed by atoms with E-state index in [-0.39, 0.29) is 18.2 Å². The average molecular weight is 251 g/mol. The number of nitrogens with one attached hydrogen (secondary N) is 1. The van der Waals surface area contributed by atoms with Crippen LogP contribution in [0, 0.1) is 0 Å². The predicted molar refractivity (Wildman–Crippen MR) is 71.6 cm³/mol. The quantitative estimate of drug-likeness (QED) is 0.620. The molecule has 1 N–H and O–H groups in total. The number of benzene rings is 1. The van der Waals surface area contributed by atoms with E-state index in [1.165, 1.54) is 5.56 Å². The largest absolute Gasteiger partial charge is 0.348 e.